The molecule has 0 unspecified atom stereocenters. The third-order valence-corrected chi connectivity index (χ3v) is 9.32. The van der Waals surface area contributed by atoms with Crippen molar-refractivity contribution < 1.29 is 23.9 Å². The molecule has 28 heavy (non-hydrogen) atoms. The third kappa shape index (κ3) is 2.23. The molecule has 0 aliphatic heterocycles. The number of carbonyl (C=O) groups is 3. The number of halogens is 2. The highest BCUT2D eigenvalue weighted by atomic mass is 35.5. The molecule has 0 aromatic rings. The molecule has 1 N–H and O–H groups in total. The molecule has 3 saturated carbocycles. The summed E-state index contributed by atoms with van der Waals surface area (Å²) in [7, 11) is 0. The van der Waals surface area contributed by atoms with Crippen LogP contribution < -0.4 is 0 Å². The van der Waals surface area contributed by atoms with Gasteiger partial charge in [0.05, 0.1) is 11.0 Å². The average molecular weight is 409 g/mol. The molecule has 0 radical (unpaired) electrons. The fraction of sp³-hybridized carbons (Fsp3) is 0.682. The highest BCUT2D eigenvalue weighted by molar-refractivity contribution is 6.27. The molecule has 4 rings (SSSR count). The molecule has 0 saturated heterocycles. The van der Waals surface area contributed by atoms with Crippen molar-refractivity contribution in [3.05, 3.63) is 23.8 Å². The van der Waals surface area contributed by atoms with Gasteiger partial charge in [-0.3, -0.25) is 14.4 Å². The summed E-state index contributed by atoms with van der Waals surface area (Å²) in [5.41, 5.74) is -1.26. The quantitative estimate of drug-likeness (QED) is 0.432. The third-order valence-electron chi connectivity index (χ3n) is 8.39. The minimum atomic E-state index is -1.33. The number of rotatable bonds is 2. The Kier molecular flexibility index (Phi) is 4.34. The molecule has 4 aliphatic rings. The Bertz CT molecular complexity index is 821. The van der Waals surface area contributed by atoms with Crippen LogP contribution in [0.3, 0.4) is 0 Å². The van der Waals surface area contributed by atoms with Crippen molar-refractivity contribution >= 4 is 29.5 Å². The molecule has 0 heterocycles. The van der Waals surface area contributed by atoms with E-state index in [1.54, 1.807) is 13.0 Å². The number of aliphatic hydroxyl groups excluding tert-OH is 1. The van der Waals surface area contributed by atoms with Crippen LogP contribution in [-0.4, -0.2) is 40.1 Å². The van der Waals surface area contributed by atoms with Crippen molar-refractivity contribution in [3.8, 4) is 0 Å². The van der Waals surface area contributed by atoms with E-state index in [9.17, 15) is 19.5 Å². The summed E-state index contributed by atoms with van der Waals surface area (Å²) in [5, 5.41) is 11.3. The Morgan fingerprint density at radius 1 is 1.32 bits per heavy atom. The molecule has 9 atom stereocenters. The summed E-state index contributed by atoms with van der Waals surface area (Å²) in [6, 6.07) is 0. The van der Waals surface area contributed by atoms with Crippen LogP contribution in [0.1, 0.15) is 40.0 Å². The minimum absolute atomic E-state index is 0.0369. The first-order valence-corrected chi connectivity index (χ1v) is 10.3. The molecular formula is C22H26ClFO4. The number of carbonyl (C=O) groups excluding carboxylic acids is 3. The van der Waals surface area contributed by atoms with Crippen molar-refractivity contribution in [2.24, 2.45) is 34.5 Å². The number of allylic oxidation sites excluding steroid dienone is 4. The van der Waals surface area contributed by atoms with E-state index in [-0.39, 0.29) is 36.4 Å². The molecule has 0 bridgehead atoms. The first kappa shape index (κ1) is 20.0. The van der Waals surface area contributed by atoms with E-state index in [1.165, 1.54) is 12.2 Å². The number of aliphatic hydroxyl groups is 1. The summed E-state index contributed by atoms with van der Waals surface area (Å²) < 4.78 is 15.3. The maximum absolute atomic E-state index is 15.3. The lowest BCUT2D eigenvalue weighted by atomic mass is 9.46. The number of aldehydes is 1. The predicted molar refractivity (Wildman–Crippen MR) is 102 cm³/mol. The van der Waals surface area contributed by atoms with Gasteiger partial charge in [-0.2, -0.15) is 0 Å². The fourth-order valence-electron chi connectivity index (χ4n) is 7.25. The second-order valence-electron chi connectivity index (χ2n) is 9.66. The Hall–Kier alpha value is -1.33. The zero-order valence-corrected chi connectivity index (χ0v) is 17.1. The largest absolute Gasteiger partial charge is 0.391 e. The average Bonchev–Trinajstić information content (AvgIpc) is 2.89. The van der Waals surface area contributed by atoms with Gasteiger partial charge in [-0.15, -0.1) is 11.6 Å². The van der Waals surface area contributed by atoms with Gasteiger partial charge in [0.15, 0.2) is 17.9 Å². The maximum Gasteiger partial charge on any atom is 0.199 e. The highest BCUT2D eigenvalue weighted by Crippen LogP contribution is 2.70. The van der Waals surface area contributed by atoms with Crippen LogP contribution in [0.4, 0.5) is 4.39 Å². The van der Waals surface area contributed by atoms with Gasteiger partial charge >= 0.3 is 0 Å². The molecule has 0 aromatic carbocycles. The number of ketones is 2. The van der Waals surface area contributed by atoms with E-state index in [0.29, 0.717) is 18.3 Å². The zero-order valence-electron chi connectivity index (χ0n) is 16.3. The number of hydrogen-bond donors (Lipinski definition) is 1. The first-order valence-electron chi connectivity index (χ1n) is 9.96. The van der Waals surface area contributed by atoms with Crippen LogP contribution in [0.15, 0.2) is 23.8 Å². The molecule has 4 nitrogen and oxygen atoms in total. The van der Waals surface area contributed by atoms with Crippen molar-refractivity contribution in [1.29, 1.82) is 0 Å². The summed E-state index contributed by atoms with van der Waals surface area (Å²) in [5.74, 6) is -1.70. The van der Waals surface area contributed by atoms with E-state index in [2.05, 4.69) is 0 Å². The summed E-state index contributed by atoms with van der Waals surface area (Å²) in [6.07, 6.45) is 3.46. The molecule has 0 spiro atoms. The lowest BCUT2D eigenvalue weighted by molar-refractivity contribution is -0.143. The molecule has 0 amide bonds. The van der Waals surface area contributed by atoms with Gasteiger partial charge < -0.3 is 5.11 Å². The molecule has 152 valence electrons. The topological polar surface area (TPSA) is 71.4 Å². The van der Waals surface area contributed by atoms with Crippen LogP contribution in [0.25, 0.3) is 0 Å². The maximum atomic E-state index is 15.3. The van der Waals surface area contributed by atoms with Gasteiger partial charge in [0.25, 0.3) is 0 Å². The van der Waals surface area contributed by atoms with E-state index >= 15 is 4.39 Å². The van der Waals surface area contributed by atoms with Crippen LogP contribution in [-0.2, 0) is 14.4 Å². The Labute approximate surface area is 169 Å². The monoisotopic (exact) mass is 408 g/mol. The summed E-state index contributed by atoms with van der Waals surface area (Å²) in [4.78, 5) is 34.4. The SMILES string of the molecule is C[C@H]1C[C@@H]2[C@@H]3C[C@@H](F)C4=CC(=O)C=C[C@]4(C)[C@]3(Cl)[C@@H](O)C[C@]2(C)[C@H]1C(=O)C=O. The van der Waals surface area contributed by atoms with E-state index in [4.69, 9.17) is 11.6 Å². The van der Waals surface area contributed by atoms with Crippen molar-refractivity contribution in [1.82, 2.24) is 0 Å². The van der Waals surface area contributed by atoms with Gasteiger partial charge in [-0.1, -0.05) is 26.8 Å². The van der Waals surface area contributed by atoms with Crippen LogP contribution >= 0.6 is 11.6 Å². The van der Waals surface area contributed by atoms with Gasteiger partial charge in [-0.25, -0.2) is 4.39 Å². The number of alkyl halides is 2. The fourth-order valence-corrected chi connectivity index (χ4v) is 7.74. The first-order chi connectivity index (χ1) is 13.0. The smallest absolute Gasteiger partial charge is 0.199 e. The van der Waals surface area contributed by atoms with Crippen LogP contribution in [0.2, 0.25) is 0 Å². The van der Waals surface area contributed by atoms with Gasteiger partial charge in [0, 0.05) is 11.3 Å². The van der Waals surface area contributed by atoms with E-state index in [1.807, 2.05) is 13.8 Å². The Balaban J connectivity index is 1.85. The number of Topliss-reactive ketones (excluding diaryl/α,β-unsaturated/α-hetero) is 1. The summed E-state index contributed by atoms with van der Waals surface area (Å²) >= 11 is 7.22. The predicted octanol–water partition coefficient (Wildman–Crippen LogP) is 3.20. The molecule has 4 aliphatic carbocycles. The van der Waals surface area contributed by atoms with E-state index < -0.39 is 39.7 Å². The van der Waals surface area contributed by atoms with Gasteiger partial charge in [-0.05, 0) is 60.2 Å². The summed E-state index contributed by atoms with van der Waals surface area (Å²) in [6.45, 7) is 5.68. The molecule has 6 heteroatoms. The highest BCUT2D eigenvalue weighted by Gasteiger charge is 2.71. The normalized spacial score (nSPS) is 52.4. The van der Waals surface area contributed by atoms with Gasteiger partial charge in [0.1, 0.15) is 6.17 Å². The molecular weight excluding hydrogens is 383 g/mol. The second kappa shape index (κ2) is 6.09. The Morgan fingerprint density at radius 3 is 2.64 bits per heavy atom. The van der Waals surface area contributed by atoms with Crippen LogP contribution in [0.5, 0.6) is 0 Å². The van der Waals surface area contributed by atoms with Gasteiger partial charge in [0.2, 0.25) is 0 Å². The molecule has 3 fully saturated rings. The van der Waals surface area contributed by atoms with Crippen molar-refractivity contribution in [2.75, 3.05) is 0 Å². The molecule has 0 aromatic heterocycles. The van der Waals surface area contributed by atoms with Crippen molar-refractivity contribution in [2.45, 2.75) is 57.2 Å². The lowest BCUT2D eigenvalue weighted by Gasteiger charge is -2.63. The standard InChI is InChI=1S/C22H26ClFO4/c1-11-6-13-14-8-16(24)15-7-12(26)4-5-21(15,3)22(14,23)18(28)9-20(13,2)19(11)17(27)10-25/h4-5,7,10-11,13-14,16,18-19,28H,6,8-9H2,1-3H3/t11-,13+,14-,16+,18-,19+,20-,21-,22+/m0/s1. The van der Waals surface area contributed by atoms with Crippen molar-refractivity contribution in [3.63, 3.8) is 0 Å². The van der Waals surface area contributed by atoms with E-state index in [0.717, 1.165) is 0 Å². The second-order valence-corrected chi connectivity index (χ2v) is 10.3. The number of hydrogen-bond acceptors (Lipinski definition) is 4. The minimum Gasteiger partial charge on any atom is -0.391 e. The number of fused-ring (bicyclic) bond motifs is 5. The van der Waals surface area contributed by atoms with Crippen LogP contribution in [0, 0.1) is 34.5 Å². The zero-order chi connectivity index (χ0) is 20.6. The Morgan fingerprint density at radius 2 is 2.00 bits per heavy atom. The lowest BCUT2D eigenvalue weighted by Crippen LogP contribution is -2.67.